The predicted octanol–water partition coefficient (Wildman–Crippen LogP) is 4.96. The van der Waals surface area contributed by atoms with Gasteiger partial charge >= 0.3 is 0 Å². The quantitative estimate of drug-likeness (QED) is 0.534. The molecule has 0 saturated carbocycles. The number of pyridine rings is 2. The van der Waals surface area contributed by atoms with Crippen molar-refractivity contribution in [1.82, 2.24) is 9.97 Å². The molecule has 4 aromatic rings. The van der Waals surface area contributed by atoms with E-state index in [9.17, 15) is 0 Å². The van der Waals surface area contributed by atoms with Crippen molar-refractivity contribution in [3.63, 3.8) is 0 Å². The highest BCUT2D eigenvalue weighted by Gasteiger charge is 2.12. The van der Waals surface area contributed by atoms with E-state index >= 15 is 0 Å². The van der Waals surface area contributed by atoms with E-state index in [4.69, 9.17) is 4.74 Å². The van der Waals surface area contributed by atoms with Gasteiger partial charge in [-0.3, -0.25) is 9.97 Å². The lowest BCUT2D eigenvalue weighted by Crippen LogP contribution is -2.07. The first-order chi connectivity index (χ1) is 11.8. The van der Waals surface area contributed by atoms with E-state index in [1.54, 1.807) is 6.20 Å². The van der Waals surface area contributed by atoms with Gasteiger partial charge in [0, 0.05) is 29.6 Å². The molecule has 1 radical (unpaired) electrons. The summed E-state index contributed by atoms with van der Waals surface area (Å²) in [7, 11) is 0. The summed E-state index contributed by atoms with van der Waals surface area (Å²) in [5.41, 5.74) is 3.17. The summed E-state index contributed by atoms with van der Waals surface area (Å²) in [6.45, 7) is 2.02. The van der Waals surface area contributed by atoms with Crippen molar-refractivity contribution in [2.45, 2.75) is 13.3 Å². The average molecular weight is 313 g/mol. The average Bonchev–Trinajstić information content (AvgIpc) is 2.62. The molecule has 0 amide bonds. The highest BCUT2D eigenvalue weighted by Crippen LogP contribution is 2.27. The van der Waals surface area contributed by atoms with Crippen LogP contribution in [-0.4, -0.2) is 9.97 Å². The molecule has 0 fully saturated rings. The van der Waals surface area contributed by atoms with Crippen molar-refractivity contribution in [3.8, 4) is 5.75 Å². The minimum Gasteiger partial charge on any atom is -0.482 e. The molecule has 0 unspecified atom stereocenters. The molecule has 0 aliphatic heterocycles. The van der Waals surface area contributed by atoms with Crippen LogP contribution in [0, 0.1) is 6.10 Å². The zero-order valence-corrected chi connectivity index (χ0v) is 13.4. The largest absolute Gasteiger partial charge is 0.482 e. The lowest BCUT2D eigenvalue weighted by Gasteiger charge is -2.16. The maximum absolute atomic E-state index is 6.14. The summed E-state index contributed by atoms with van der Waals surface area (Å²) < 4.78 is 6.14. The first-order valence-electron chi connectivity index (χ1n) is 7.98. The molecule has 24 heavy (non-hydrogen) atoms. The SMILES string of the molecule is C[C](Cc1ccnc2ccccc12)Oc1ccnc2ccccc12. The Morgan fingerprint density at radius 3 is 2.21 bits per heavy atom. The van der Waals surface area contributed by atoms with Crippen molar-refractivity contribution >= 4 is 21.8 Å². The first kappa shape index (κ1) is 14.6. The van der Waals surface area contributed by atoms with Crippen molar-refractivity contribution in [3.05, 3.63) is 84.7 Å². The van der Waals surface area contributed by atoms with Crippen LogP contribution >= 0.6 is 0 Å². The van der Waals surface area contributed by atoms with Gasteiger partial charge in [-0.05, 0) is 42.8 Å². The molecule has 0 aliphatic rings. The second kappa shape index (κ2) is 6.28. The fourth-order valence-electron chi connectivity index (χ4n) is 2.96. The van der Waals surface area contributed by atoms with E-state index < -0.39 is 0 Å². The molecule has 0 N–H and O–H groups in total. The summed E-state index contributed by atoms with van der Waals surface area (Å²) in [6.07, 6.45) is 5.34. The zero-order valence-electron chi connectivity index (χ0n) is 13.4. The van der Waals surface area contributed by atoms with Crippen LogP contribution in [0.5, 0.6) is 5.75 Å². The standard InChI is InChI=1S/C21H17N2O/c1-15(14-16-10-12-22-19-8-4-2-6-17(16)19)24-21-11-13-23-20-9-5-3-7-18(20)21/h2-13H,14H2,1H3. The Morgan fingerprint density at radius 1 is 0.792 bits per heavy atom. The van der Waals surface area contributed by atoms with Crippen LogP contribution in [0.4, 0.5) is 0 Å². The van der Waals surface area contributed by atoms with Crippen molar-refractivity contribution in [2.24, 2.45) is 0 Å². The molecule has 3 nitrogen and oxygen atoms in total. The summed E-state index contributed by atoms with van der Waals surface area (Å²) in [5, 5.41) is 2.20. The molecule has 3 heteroatoms. The Morgan fingerprint density at radius 2 is 1.42 bits per heavy atom. The minimum absolute atomic E-state index is 0.750. The molecule has 0 spiro atoms. The first-order valence-corrected chi connectivity index (χ1v) is 7.98. The van der Waals surface area contributed by atoms with Gasteiger partial charge in [-0.2, -0.15) is 0 Å². The molecule has 117 valence electrons. The third-order valence-corrected chi connectivity index (χ3v) is 4.07. The number of aromatic nitrogens is 2. The number of benzene rings is 2. The molecular weight excluding hydrogens is 296 g/mol. The Balaban J connectivity index is 1.61. The minimum atomic E-state index is 0.750. The van der Waals surface area contributed by atoms with Gasteiger partial charge in [0.25, 0.3) is 0 Å². The summed E-state index contributed by atoms with van der Waals surface area (Å²) in [5.74, 6) is 0.844. The Hall–Kier alpha value is -2.94. The lowest BCUT2D eigenvalue weighted by atomic mass is 10.0. The number of fused-ring (bicyclic) bond motifs is 2. The number of ether oxygens (including phenoxy) is 1. The van der Waals surface area contributed by atoms with Gasteiger partial charge in [0.2, 0.25) is 0 Å². The van der Waals surface area contributed by atoms with Gasteiger partial charge in [-0.15, -0.1) is 0 Å². The van der Waals surface area contributed by atoms with Crippen LogP contribution in [0.25, 0.3) is 21.8 Å². The molecule has 2 heterocycles. The summed E-state index contributed by atoms with van der Waals surface area (Å²) in [4.78, 5) is 8.79. The monoisotopic (exact) mass is 313 g/mol. The van der Waals surface area contributed by atoms with E-state index in [2.05, 4.69) is 22.1 Å². The van der Waals surface area contributed by atoms with Crippen molar-refractivity contribution in [1.29, 1.82) is 0 Å². The number of hydrogen-bond acceptors (Lipinski definition) is 3. The molecule has 4 rings (SSSR count). The van der Waals surface area contributed by atoms with E-state index in [0.29, 0.717) is 0 Å². The molecule has 0 aliphatic carbocycles. The van der Waals surface area contributed by atoms with Crippen LogP contribution in [0.1, 0.15) is 12.5 Å². The molecular formula is C21H17N2O. The van der Waals surface area contributed by atoms with E-state index in [-0.39, 0.29) is 0 Å². The van der Waals surface area contributed by atoms with Crippen LogP contribution in [0.3, 0.4) is 0 Å². The normalized spacial score (nSPS) is 11.2. The van der Waals surface area contributed by atoms with Gasteiger partial charge in [-0.1, -0.05) is 30.3 Å². The Labute approximate surface area is 140 Å². The highest BCUT2D eigenvalue weighted by molar-refractivity contribution is 5.85. The van der Waals surface area contributed by atoms with Gasteiger partial charge < -0.3 is 4.74 Å². The third kappa shape index (κ3) is 2.81. The smallest absolute Gasteiger partial charge is 0.150 e. The van der Waals surface area contributed by atoms with Gasteiger partial charge in [0.05, 0.1) is 11.0 Å². The molecule has 0 saturated heterocycles. The van der Waals surface area contributed by atoms with Crippen LogP contribution in [-0.2, 0) is 6.42 Å². The van der Waals surface area contributed by atoms with Crippen molar-refractivity contribution in [2.75, 3.05) is 0 Å². The fraction of sp³-hybridized carbons (Fsp3) is 0.0952. The number of hydrogen-bond donors (Lipinski definition) is 0. The van der Waals surface area contributed by atoms with E-state index in [1.807, 2.05) is 61.7 Å². The number of para-hydroxylation sites is 2. The third-order valence-electron chi connectivity index (χ3n) is 4.07. The van der Waals surface area contributed by atoms with Crippen LogP contribution in [0.2, 0.25) is 0 Å². The number of nitrogens with zero attached hydrogens (tertiary/aromatic N) is 2. The van der Waals surface area contributed by atoms with Gasteiger partial charge in [0.1, 0.15) is 11.9 Å². The van der Waals surface area contributed by atoms with Crippen LogP contribution in [0.15, 0.2) is 73.1 Å². The van der Waals surface area contributed by atoms with E-state index in [1.165, 1.54) is 10.9 Å². The van der Waals surface area contributed by atoms with E-state index in [0.717, 1.165) is 34.7 Å². The summed E-state index contributed by atoms with van der Waals surface area (Å²) in [6, 6.07) is 20.2. The fourth-order valence-corrected chi connectivity index (χ4v) is 2.96. The lowest BCUT2D eigenvalue weighted by molar-refractivity contribution is 0.332. The van der Waals surface area contributed by atoms with Crippen molar-refractivity contribution < 1.29 is 4.74 Å². The maximum Gasteiger partial charge on any atom is 0.150 e. The maximum atomic E-state index is 6.14. The van der Waals surface area contributed by atoms with Crippen LogP contribution < -0.4 is 4.74 Å². The van der Waals surface area contributed by atoms with Gasteiger partial charge in [-0.25, -0.2) is 0 Å². The number of rotatable bonds is 4. The Bertz CT molecular complexity index is 905. The Kier molecular flexibility index (Phi) is 3.83. The predicted molar refractivity (Wildman–Crippen MR) is 96.7 cm³/mol. The molecule has 2 aromatic heterocycles. The summed E-state index contributed by atoms with van der Waals surface area (Å²) >= 11 is 0. The second-order valence-corrected chi connectivity index (χ2v) is 5.79. The molecule has 0 atom stereocenters. The zero-order chi connectivity index (χ0) is 16.4. The molecule has 2 aromatic carbocycles. The highest BCUT2D eigenvalue weighted by atomic mass is 16.5. The topological polar surface area (TPSA) is 35.0 Å². The second-order valence-electron chi connectivity index (χ2n) is 5.79. The molecule has 0 bridgehead atoms. The van der Waals surface area contributed by atoms with Gasteiger partial charge in [0.15, 0.2) is 0 Å².